The molecule has 1 heterocycles. The Morgan fingerprint density at radius 2 is 2.04 bits per heavy atom. The number of para-hydroxylation sites is 2. The Bertz CT molecular complexity index is 783. The fraction of sp³-hybridized carbons (Fsp3) is 0.278. The first kappa shape index (κ1) is 15.4. The van der Waals surface area contributed by atoms with Crippen LogP contribution in [0.1, 0.15) is 5.56 Å². The highest BCUT2D eigenvalue weighted by atomic mass is 16.5. The maximum Gasteiger partial charge on any atom is 0.204 e. The van der Waals surface area contributed by atoms with Gasteiger partial charge in [-0.2, -0.15) is 0 Å². The summed E-state index contributed by atoms with van der Waals surface area (Å²) in [7, 11) is 0. The van der Waals surface area contributed by atoms with Gasteiger partial charge in [-0.15, -0.1) is 0 Å². The molecular formula is C18H21N3O2. The number of aliphatic hydroxyl groups excluding tert-OH is 1. The molecule has 1 aromatic heterocycles. The van der Waals surface area contributed by atoms with E-state index >= 15 is 0 Å². The van der Waals surface area contributed by atoms with Crippen molar-refractivity contribution < 1.29 is 9.84 Å². The number of aromatic nitrogens is 2. The van der Waals surface area contributed by atoms with Gasteiger partial charge in [0.2, 0.25) is 5.95 Å². The van der Waals surface area contributed by atoms with Gasteiger partial charge in [0.1, 0.15) is 12.4 Å². The molecule has 0 amide bonds. The molecule has 3 rings (SSSR count). The molecule has 0 aliphatic carbocycles. The van der Waals surface area contributed by atoms with Gasteiger partial charge in [0.15, 0.2) is 0 Å². The summed E-state index contributed by atoms with van der Waals surface area (Å²) < 4.78 is 7.93. The Morgan fingerprint density at radius 3 is 2.87 bits per heavy atom. The van der Waals surface area contributed by atoms with E-state index in [2.05, 4.69) is 14.9 Å². The van der Waals surface area contributed by atoms with Crippen LogP contribution in [0.25, 0.3) is 11.0 Å². The lowest BCUT2D eigenvalue weighted by atomic mass is 10.2. The number of hydrogen-bond donors (Lipinski definition) is 2. The van der Waals surface area contributed by atoms with Crippen molar-refractivity contribution in [2.75, 3.05) is 25.1 Å². The topological polar surface area (TPSA) is 59.3 Å². The molecule has 0 aliphatic rings. The molecule has 0 unspecified atom stereocenters. The van der Waals surface area contributed by atoms with Gasteiger partial charge < -0.3 is 19.7 Å². The third-order valence-electron chi connectivity index (χ3n) is 3.62. The maximum absolute atomic E-state index is 9.02. The first-order valence-electron chi connectivity index (χ1n) is 7.77. The van der Waals surface area contributed by atoms with E-state index in [1.807, 2.05) is 55.5 Å². The second-order valence-electron chi connectivity index (χ2n) is 5.39. The van der Waals surface area contributed by atoms with Crippen LogP contribution in [-0.4, -0.2) is 34.4 Å². The quantitative estimate of drug-likeness (QED) is 0.704. The molecule has 0 spiro atoms. The molecule has 0 aliphatic heterocycles. The lowest BCUT2D eigenvalue weighted by Gasteiger charge is -2.11. The van der Waals surface area contributed by atoms with E-state index in [0.717, 1.165) is 22.7 Å². The lowest BCUT2D eigenvalue weighted by Crippen LogP contribution is -2.14. The normalized spacial score (nSPS) is 10.9. The summed E-state index contributed by atoms with van der Waals surface area (Å²) in [6.07, 6.45) is 0. The first-order valence-corrected chi connectivity index (χ1v) is 7.77. The third-order valence-corrected chi connectivity index (χ3v) is 3.62. The summed E-state index contributed by atoms with van der Waals surface area (Å²) >= 11 is 0. The van der Waals surface area contributed by atoms with Gasteiger partial charge in [-0.1, -0.05) is 24.3 Å². The number of imidazole rings is 1. The van der Waals surface area contributed by atoms with Crippen LogP contribution in [0.15, 0.2) is 48.5 Å². The van der Waals surface area contributed by atoms with E-state index < -0.39 is 0 Å². The fourth-order valence-electron chi connectivity index (χ4n) is 2.56. The SMILES string of the molecule is Cc1cccc(OCCn2c(NCCO)nc3ccccc32)c1. The van der Waals surface area contributed by atoms with Crippen LogP contribution in [0, 0.1) is 6.92 Å². The zero-order valence-electron chi connectivity index (χ0n) is 13.2. The number of nitrogens with one attached hydrogen (secondary N) is 1. The van der Waals surface area contributed by atoms with Crippen LogP contribution in [0.4, 0.5) is 5.95 Å². The number of rotatable bonds is 7. The van der Waals surface area contributed by atoms with Crippen molar-refractivity contribution in [2.24, 2.45) is 0 Å². The number of fused-ring (bicyclic) bond motifs is 1. The summed E-state index contributed by atoms with van der Waals surface area (Å²) in [5.74, 6) is 1.63. The fourth-order valence-corrected chi connectivity index (χ4v) is 2.56. The monoisotopic (exact) mass is 311 g/mol. The molecular weight excluding hydrogens is 290 g/mol. The van der Waals surface area contributed by atoms with Gasteiger partial charge in [0.05, 0.1) is 24.2 Å². The average molecular weight is 311 g/mol. The van der Waals surface area contributed by atoms with Crippen LogP contribution >= 0.6 is 0 Å². The highest BCUT2D eigenvalue weighted by molar-refractivity contribution is 5.78. The Morgan fingerprint density at radius 1 is 1.17 bits per heavy atom. The second-order valence-corrected chi connectivity index (χ2v) is 5.39. The Kier molecular flexibility index (Phi) is 4.78. The first-order chi connectivity index (χ1) is 11.3. The van der Waals surface area contributed by atoms with Gasteiger partial charge in [-0.05, 0) is 36.8 Å². The van der Waals surface area contributed by atoms with Crippen molar-refractivity contribution in [3.05, 3.63) is 54.1 Å². The Labute approximate surface area is 135 Å². The van der Waals surface area contributed by atoms with Crippen LogP contribution < -0.4 is 10.1 Å². The minimum Gasteiger partial charge on any atom is -0.492 e. The van der Waals surface area contributed by atoms with Gasteiger partial charge in [-0.25, -0.2) is 4.98 Å². The molecule has 0 saturated heterocycles. The number of aryl methyl sites for hydroxylation is 1. The van der Waals surface area contributed by atoms with Crippen molar-refractivity contribution in [2.45, 2.75) is 13.5 Å². The molecule has 0 bridgehead atoms. The van der Waals surface area contributed by atoms with Crippen LogP contribution in [-0.2, 0) is 6.54 Å². The second kappa shape index (κ2) is 7.15. The van der Waals surface area contributed by atoms with Gasteiger partial charge in [-0.3, -0.25) is 0 Å². The Hall–Kier alpha value is -2.53. The standard InChI is InChI=1S/C18H21N3O2/c1-14-5-4-6-15(13-14)23-12-10-21-17-8-3-2-7-16(17)20-18(21)19-9-11-22/h2-8,13,22H,9-12H2,1H3,(H,19,20). The van der Waals surface area contributed by atoms with E-state index in [4.69, 9.17) is 9.84 Å². The van der Waals surface area contributed by atoms with E-state index in [1.165, 1.54) is 5.56 Å². The molecule has 5 nitrogen and oxygen atoms in total. The third kappa shape index (κ3) is 3.63. The molecule has 120 valence electrons. The summed E-state index contributed by atoms with van der Waals surface area (Å²) in [6, 6.07) is 16.0. The van der Waals surface area contributed by atoms with E-state index in [-0.39, 0.29) is 6.61 Å². The zero-order chi connectivity index (χ0) is 16.1. The number of anilines is 1. The number of ether oxygens (including phenoxy) is 1. The number of hydrogen-bond acceptors (Lipinski definition) is 4. The molecule has 0 saturated carbocycles. The molecule has 0 fully saturated rings. The summed E-state index contributed by atoms with van der Waals surface area (Å²) in [6.45, 7) is 3.83. The molecule has 2 N–H and O–H groups in total. The van der Waals surface area contributed by atoms with Crippen molar-refractivity contribution >= 4 is 17.0 Å². The molecule has 23 heavy (non-hydrogen) atoms. The number of benzene rings is 2. The summed E-state index contributed by atoms with van der Waals surface area (Å²) in [5.41, 5.74) is 3.17. The van der Waals surface area contributed by atoms with Crippen LogP contribution in [0.3, 0.4) is 0 Å². The van der Waals surface area contributed by atoms with Crippen LogP contribution in [0.2, 0.25) is 0 Å². The molecule has 3 aromatic rings. The molecule has 0 radical (unpaired) electrons. The average Bonchev–Trinajstić information content (AvgIpc) is 2.91. The largest absolute Gasteiger partial charge is 0.492 e. The smallest absolute Gasteiger partial charge is 0.204 e. The van der Waals surface area contributed by atoms with Gasteiger partial charge in [0.25, 0.3) is 0 Å². The number of aliphatic hydroxyl groups is 1. The highest BCUT2D eigenvalue weighted by Gasteiger charge is 2.09. The Balaban J connectivity index is 1.75. The predicted octanol–water partition coefficient (Wildman–Crippen LogP) is 2.83. The van der Waals surface area contributed by atoms with Crippen molar-refractivity contribution in [1.82, 2.24) is 9.55 Å². The predicted molar refractivity (Wildman–Crippen MR) is 92.0 cm³/mol. The van der Waals surface area contributed by atoms with Crippen molar-refractivity contribution in [3.8, 4) is 5.75 Å². The minimum atomic E-state index is 0.0724. The zero-order valence-corrected chi connectivity index (χ0v) is 13.2. The molecule has 0 atom stereocenters. The molecule has 5 heteroatoms. The van der Waals surface area contributed by atoms with E-state index in [1.54, 1.807) is 0 Å². The van der Waals surface area contributed by atoms with Gasteiger partial charge >= 0.3 is 0 Å². The van der Waals surface area contributed by atoms with Crippen molar-refractivity contribution in [1.29, 1.82) is 0 Å². The summed E-state index contributed by atoms with van der Waals surface area (Å²) in [5, 5.41) is 12.2. The number of nitrogens with zero attached hydrogens (tertiary/aromatic N) is 2. The van der Waals surface area contributed by atoms with Crippen LogP contribution in [0.5, 0.6) is 5.75 Å². The van der Waals surface area contributed by atoms with E-state index in [9.17, 15) is 0 Å². The van der Waals surface area contributed by atoms with E-state index in [0.29, 0.717) is 19.7 Å². The maximum atomic E-state index is 9.02. The molecule has 2 aromatic carbocycles. The van der Waals surface area contributed by atoms with Gasteiger partial charge in [0, 0.05) is 6.54 Å². The summed E-state index contributed by atoms with van der Waals surface area (Å²) in [4.78, 5) is 4.58. The highest BCUT2D eigenvalue weighted by Crippen LogP contribution is 2.20. The lowest BCUT2D eigenvalue weighted by molar-refractivity contribution is 0.299. The van der Waals surface area contributed by atoms with Crippen molar-refractivity contribution in [3.63, 3.8) is 0 Å². The minimum absolute atomic E-state index is 0.0724.